The molecule has 5 heteroatoms. The first-order valence-electron chi connectivity index (χ1n) is 7.92. The highest BCUT2D eigenvalue weighted by molar-refractivity contribution is 7.10. The molecule has 4 nitrogen and oxygen atoms in total. The molecule has 3 rings (SSSR count). The number of aryl methyl sites for hydroxylation is 1. The normalized spacial score (nSPS) is 12.3. The number of hydrogen-bond acceptors (Lipinski definition) is 4. The van der Waals surface area contributed by atoms with Gasteiger partial charge in [0.25, 0.3) is 5.91 Å². The van der Waals surface area contributed by atoms with Gasteiger partial charge in [-0.05, 0) is 35.4 Å². The summed E-state index contributed by atoms with van der Waals surface area (Å²) in [5.41, 5.74) is 2.63. The Morgan fingerprint density at radius 1 is 1.17 bits per heavy atom. The summed E-state index contributed by atoms with van der Waals surface area (Å²) in [6.45, 7) is 6.10. The largest absolute Gasteiger partial charge is 0.361 e. The van der Waals surface area contributed by atoms with Gasteiger partial charge in [0.15, 0.2) is 5.69 Å². The third kappa shape index (κ3) is 3.57. The lowest BCUT2D eigenvalue weighted by atomic mass is 9.98. The van der Waals surface area contributed by atoms with Crippen LogP contribution in [0.15, 0.2) is 52.4 Å². The van der Waals surface area contributed by atoms with Crippen molar-refractivity contribution < 1.29 is 9.32 Å². The molecule has 1 amide bonds. The van der Waals surface area contributed by atoms with E-state index in [0.29, 0.717) is 17.4 Å². The van der Waals surface area contributed by atoms with Gasteiger partial charge in [-0.25, -0.2) is 0 Å². The highest BCUT2D eigenvalue weighted by atomic mass is 32.1. The Balaban J connectivity index is 1.88. The predicted molar refractivity (Wildman–Crippen MR) is 95.4 cm³/mol. The molecule has 1 aromatic carbocycles. The zero-order chi connectivity index (χ0) is 17.1. The third-order valence-electron chi connectivity index (χ3n) is 3.90. The maximum Gasteiger partial charge on any atom is 0.274 e. The van der Waals surface area contributed by atoms with Crippen LogP contribution in [0.3, 0.4) is 0 Å². The van der Waals surface area contributed by atoms with Crippen LogP contribution >= 0.6 is 11.3 Å². The van der Waals surface area contributed by atoms with Crippen LogP contribution in [0.2, 0.25) is 0 Å². The molecule has 124 valence electrons. The van der Waals surface area contributed by atoms with Gasteiger partial charge < -0.3 is 9.84 Å². The summed E-state index contributed by atoms with van der Waals surface area (Å²) in [5, 5.41) is 8.87. The number of carbonyl (C=O) groups is 1. The second-order valence-corrected chi connectivity index (χ2v) is 7.05. The lowest BCUT2D eigenvalue weighted by Gasteiger charge is -2.18. The zero-order valence-corrected chi connectivity index (χ0v) is 14.8. The number of nitrogens with zero attached hydrogens (tertiary/aromatic N) is 1. The van der Waals surface area contributed by atoms with E-state index in [-0.39, 0.29) is 11.9 Å². The Morgan fingerprint density at radius 3 is 2.42 bits per heavy atom. The summed E-state index contributed by atoms with van der Waals surface area (Å²) >= 11 is 1.62. The van der Waals surface area contributed by atoms with Crippen LogP contribution in [0.25, 0.3) is 0 Å². The average molecular weight is 340 g/mol. The molecule has 0 unspecified atom stereocenters. The molecule has 3 aromatic rings. The predicted octanol–water partition coefficient (Wildman–Crippen LogP) is 4.69. The Kier molecular flexibility index (Phi) is 4.81. The van der Waals surface area contributed by atoms with Crippen LogP contribution in [0.1, 0.15) is 58.1 Å². The van der Waals surface area contributed by atoms with Gasteiger partial charge in [0.1, 0.15) is 5.76 Å². The molecule has 2 aromatic heterocycles. The summed E-state index contributed by atoms with van der Waals surface area (Å²) in [5.74, 6) is 0.860. The summed E-state index contributed by atoms with van der Waals surface area (Å²) in [7, 11) is 0. The smallest absolute Gasteiger partial charge is 0.274 e. The Labute approximate surface area is 145 Å². The number of hydrogen-bond donors (Lipinski definition) is 1. The molecule has 0 saturated carbocycles. The van der Waals surface area contributed by atoms with Crippen molar-refractivity contribution in [2.75, 3.05) is 0 Å². The molecule has 0 aliphatic heterocycles. The molecule has 0 spiro atoms. The Morgan fingerprint density at radius 2 is 1.88 bits per heavy atom. The van der Waals surface area contributed by atoms with E-state index in [9.17, 15) is 4.79 Å². The molecule has 0 fully saturated rings. The first-order chi connectivity index (χ1) is 11.5. The van der Waals surface area contributed by atoms with Gasteiger partial charge in [0.2, 0.25) is 0 Å². The van der Waals surface area contributed by atoms with Gasteiger partial charge in [0, 0.05) is 10.9 Å². The first-order valence-corrected chi connectivity index (χ1v) is 8.80. The summed E-state index contributed by atoms with van der Waals surface area (Å²) in [6.07, 6.45) is 0. The van der Waals surface area contributed by atoms with E-state index in [2.05, 4.69) is 48.6 Å². The minimum atomic E-state index is -0.238. The lowest BCUT2D eigenvalue weighted by molar-refractivity contribution is 0.0934. The van der Waals surface area contributed by atoms with Gasteiger partial charge in [-0.1, -0.05) is 49.3 Å². The van der Waals surface area contributed by atoms with E-state index in [1.165, 1.54) is 5.56 Å². The fourth-order valence-electron chi connectivity index (χ4n) is 2.53. The maximum absolute atomic E-state index is 12.5. The molecule has 0 saturated heterocycles. The monoisotopic (exact) mass is 340 g/mol. The van der Waals surface area contributed by atoms with Crippen LogP contribution in [0, 0.1) is 6.92 Å². The molecule has 2 heterocycles. The van der Waals surface area contributed by atoms with Crippen LogP contribution in [0.4, 0.5) is 0 Å². The van der Waals surface area contributed by atoms with Gasteiger partial charge in [-0.3, -0.25) is 4.79 Å². The molecule has 0 bridgehead atoms. The maximum atomic E-state index is 12.5. The second kappa shape index (κ2) is 7.01. The van der Waals surface area contributed by atoms with Crippen molar-refractivity contribution >= 4 is 17.2 Å². The number of carbonyl (C=O) groups excluding carboxylic acids is 1. The highest BCUT2D eigenvalue weighted by Crippen LogP contribution is 2.27. The van der Waals surface area contributed by atoms with Gasteiger partial charge in [-0.15, -0.1) is 11.3 Å². The van der Waals surface area contributed by atoms with Crippen LogP contribution in [-0.2, 0) is 0 Å². The second-order valence-electron chi connectivity index (χ2n) is 6.07. The van der Waals surface area contributed by atoms with Gasteiger partial charge in [0.05, 0.1) is 6.04 Å². The molecule has 0 radical (unpaired) electrons. The van der Waals surface area contributed by atoms with Crippen LogP contribution in [0.5, 0.6) is 0 Å². The van der Waals surface area contributed by atoms with Crippen molar-refractivity contribution in [2.45, 2.75) is 32.7 Å². The molecular weight excluding hydrogens is 320 g/mol. The summed E-state index contributed by atoms with van der Waals surface area (Å²) in [6, 6.07) is 13.8. The highest BCUT2D eigenvalue weighted by Gasteiger charge is 2.20. The van der Waals surface area contributed by atoms with E-state index in [4.69, 9.17) is 4.52 Å². The van der Waals surface area contributed by atoms with Crippen molar-refractivity contribution in [1.82, 2.24) is 10.5 Å². The molecule has 24 heavy (non-hydrogen) atoms. The van der Waals surface area contributed by atoms with Crippen LogP contribution < -0.4 is 5.32 Å². The Hall–Kier alpha value is -2.40. The number of amides is 1. The molecular formula is C19H20N2O2S. The SMILES string of the molecule is Cc1cc(C(=O)N[C@H](c2ccc(C(C)C)cc2)c2cccs2)no1. The quantitative estimate of drug-likeness (QED) is 0.733. The fourth-order valence-corrected chi connectivity index (χ4v) is 3.33. The number of rotatable bonds is 5. The minimum absolute atomic E-state index is 0.198. The standard InChI is InChI=1S/C19H20N2O2S/c1-12(2)14-6-8-15(9-7-14)18(17-5-4-10-24-17)20-19(22)16-11-13(3)23-21-16/h4-12,18H,1-3H3,(H,20,22)/t18-/m1/s1. The van der Waals surface area contributed by atoms with Crippen molar-refractivity contribution in [1.29, 1.82) is 0 Å². The molecule has 1 atom stereocenters. The average Bonchev–Trinajstić information content (AvgIpc) is 3.24. The lowest BCUT2D eigenvalue weighted by Crippen LogP contribution is -2.29. The van der Waals surface area contributed by atoms with Gasteiger partial charge >= 0.3 is 0 Å². The van der Waals surface area contributed by atoms with E-state index < -0.39 is 0 Å². The molecule has 0 aliphatic rings. The molecule has 0 aliphatic carbocycles. The van der Waals surface area contributed by atoms with Crippen LogP contribution in [-0.4, -0.2) is 11.1 Å². The molecule has 1 N–H and O–H groups in total. The number of benzene rings is 1. The van der Waals surface area contributed by atoms with E-state index >= 15 is 0 Å². The fraction of sp³-hybridized carbons (Fsp3) is 0.263. The van der Waals surface area contributed by atoms with E-state index in [0.717, 1.165) is 10.4 Å². The van der Waals surface area contributed by atoms with Crippen molar-refractivity contribution in [3.8, 4) is 0 Å². The summed E-state index contributed by atoms with van der Waals surface area (Å²) in [4.78, 5) is 13.6. The number of aromatic nitrogens is 1. The first kappa shape index (κ1) is 16.5. The minimum Gasteiger partial charge on any atom is -0.361 e. The topological polar surface area (TPSA) is 55.1 Å². The van der Waals surface area contributed by atoms with Crippen molar-refractivity contribution in [3.05, 3.63) is 75.3 Å². The van der Waals surface area contributed by atoms with Gasteiger partial charge in [-0.2, -0.15) is 0 Å². The van der Waals surface area contributed by atoms with E-state index in [1.807, 2.05) is 17.5 Å². The third-order valence-corrected chi connectivity index (χ3v) is 4.84. The number of nitrogens with one attached hydrogen (secondary N) is 1. The van der Waals surface area contributed by atoms with E-state index in [1.54, 1.807) is 24.3 Å². The zero-order valence-electron chi connectivity index (χ0n) is 13.9. The van der Waals surface area contributed by atoms with Crippen molar-refractivity contribution in [2.24, 2.45) is 0 Å². The summed E-state index contributed by atoms with van der Waals surface area (Å²) < 4.78 is 5.00. The number of thiophene rings is 1. The van der Waals surface area contributed by atoms with Crippen molar-refractivity contribution in [3.63, 3.8) is 0 Å². The Bertz CT molecular complexity index is 804.